The quantitative estimate of drug-likeness (QED) is 0.562. The van der Waals surface area contributed by atoms with E-state index in [1.165, 1.54) is 0 Å². The number of carboxylic acid groups (broad SMARTS) is 1. The smallest absolute Gasteiger partial charge is 0.309 e. The van der Waals surface area contributed by atoms with Crippen molar-refractivity contribution < 1.29 is 43.8 Å². The zero-order chi connectivity index (χ0) is 13.7. The number of carboxylic acids is 1. The summed E-state index contributed by atoms with van der Waals surface area (Å²) in [4.78, 5) is 10.5. The number of nitrogens with zero attached hydrogens (tertiary/aromatic N) is 2. The standard InChI is InChI=1S/C15H17N2O2.2ClH/c1-2-16-8-3-13(4-9-16)14-5-10-17(11-6-14)12-7-15(18)19;;/h3-6,8-11H,2,7,12H2,1H3;2*1H/q+1;;/p-1. The van der Waals surface area contributed by atoms with Crippen molar-refractivity contribution in [1.29, 1.82) is 0 Å². The van der Waals surface area contributed by atoms with Gasteiger partial charge in [-0.05, 0) is 18.1 Å². The molecule has 114 valence electrons. The monoisotopic (exact) mass is 328 g/mol. The Bertz CT molecular complexity index is 557. The van der Waals surface area contributed by atoms with E-state index in [4.69, 9.17) is 5.11 Å². The van der Waals surface area contributed by atoms with Crippen molar-refractivity contribution in [2.45, 2.75) is 26.4 Å². The molecule has 2 heterocycles. The fourth-order valence-corrected chi connectivity index (χ4v) is 1.88. The number of hydrogen-bond acceptors (Lipinski definition) is 1. The maximum atomic E-state index is 10.5. The number of aromatic nitrogens is 2. The van der Waals surface area contributed by atoms with E-state index >= 15 is 0 Å². The van der Waals surface area contributed by atoms with E-state index in [2.05, 4.69) is 36.0 Å². The number of carbonyl (C=O) groups is 1. The first-order valence-corrected chi connectivity index (χ1v) is 6.39. The number of pyridine rings is 2. The minimum atomic E-state index is -0.774. The largest absolute Gasteiger partial charge is 1.00 e. The molecule has 0 bridgehead atoms. The Kier molecular flexibility index (Phi) is 8.58. The summed E-state index contributed by atoms with van der Waals surface area (Å²) in [5.74, 6) is -0.774. The fourth-order valence-electron chi connectivity index (χ4n) is 1.88. The molecule has 0 aliphatic carbocycles. The van der Waals surface area contributed by atoms with Crippen LogP contribution in [-0.2, 0) is 17.9 Å². The van der Waals surface area contributed by atoms with Gasteiger partial charge < -0.3 is 29.9 Å². The van der Waals surface area contributed by atoms with E-state index < -0.39 is 5.97 Å². The van der Waals surface area contributed by atoms with Gasteiger partial charge in [0, 0.05) is 24.3 Å². The normalized spacial score (nSPS) is 9.38. The first kappa shape index (κ1) is 19.4. The maximum absolute atomic E-state index is 10.5. The van der Waals surface area contributed by atoms with Crippen molar-refractivity contribution in [2.75, 3.05) is 0 Å². The molecule has 2 rings (SSSR count). The highest BCUT2D eigenvalue weighted by Gasteiger charge is 2.06. The summed E-state index contributed by atoms with van der Waals surface area (Å²) in [5.41, 5.74) is 2.30. The minimum absolute atomic E-state index is 0. The van der Waals surface area contributed by atoms with Crippen molar-refractivity contribution in [3.8, 4) is 11.1 Å². The molecule has 0 radical (unpaired) electrons. The van der Waals surface area contributed by atoms with Gasteiger partial charge in [-0.2, -0.15) is 0 Å². The van der Waals surface area contributed by atoms with Crippen LogP contribution in [0.4, 0.5) is 0 Å². The number of hydrogen-bond donors (Lipinski definition) is 1. The third-order valence-corrected chi connectivity index (χ3v) is 3.06. The maximum Gasteiger partial charge on any atom is 0.309 e. The van der Waals surface area contributed by atoms with Crippen LogP contribution in [0.2, 0.25) is 0 Å². The highest BCUT2D eigenvalue weighted by molar-refractivity contribution is 5.66. The fraction of sp³-hybridized carbons (Fsp3) is 0.267. The Morgan fingerprint density at radius 2 is 1.38 bits per heavy atom. The predicted octanol–water partition coefficient (Wildman–Crippen LogP) is -4.57. The van der Waals surface area contributed by atoms with Gasteiger partial charge in [0.05, 0.1) is 0 Å². The van der Waals surface area contributed by atoms with E-state index in [1.54, 1.807) is 0 Å². The van der Waals surface area contributed by atoms with Gasteiger partial charge in [0.25, 0.3) is 0 Å². The Balaban J connectivity index is 0.00000200. The minimum Gasteiger partial charge on any atom is -1.00 e. The zero-order valence-electron chi connectivity index (χ0n) is 11.7. The second-order valence-corrected chi connectivity index (χ2v) is 4.39. The van der Waals surface area contributed by atoms with E-state index in [9.17, 15) is 4.79 Å². The second-order valence-electron chi connectivity index (χ2n) is 4.39. The van der Waals surface area contributed by atoms with Gasteiger partial charge in [-0.25, -0.2) is 9.13 Å². The lowest BCUT2D eigenvalue weighted by atomic mass is 10.1. The van der Waals surface area contributed by atoms with Crippen LogP contribution >= 0.6 is 0 Å². The van der Waals surface area contributed by atoms with Crippen molar-refractivity contribution in [3.05, 3.63) is 49.1 Å². The molecule has 2 aromatic heterocycles. The van der Waals surface area contributed by atoms with Crippen LogP contribution in [0.3, 0.4) is 0 Å². The summed E-state index contributed by atoms with van der Waals surface area (Å²) < 4.78 is 3.99. The van der Waals surface area contributed by atoms with Crippen LogP contribution in [0.25, 0.3) is 11.1 Å². The molecule has 0 saturated carbocycles. The van der Waals surface area contributed by atoms with E-state index in [-0.39, 0.29) is 31.2 Å². The van der Waals surface area contributed by atoms with E-state index in [0.29, 0.717) is 6.54 Å². The molecule has 2 aromatic rings. The summed E-state index contributed by atoms with van der Waals surface area (Å²) >= 11 is 0. The second kappa shape index (κ2) is 9.32. The van der Waals surface area contributed by atoms with E-state index in [0.717, 1.165) is 17.7 Å². The summed E-state index contributed by atoms with van der Waals surface area (Å²) in [6.07, 6.45) is 8.09. The Morgan fingerprint density at radius 3 is 1.76 bits per heavy atom. The van der Waals surface area contributed by atoms with Crippen LogP contribution in [0.15, 0.2) is 49.1 Å². The summed E-state index contributed by atoms with van der Waals surface area (Å²) in [6.45, 7) is 3.57. The Morgan fingerprint density at radius 1 is 0.952 bits per heavy atom. The molecule has 0 aromatic carbocycles. The molecule has 0 aliphatic rings. The van der Waals surface area contributed by atoms with Gasteiger partial charge in [0.15, 0.2) is 31.3 Å². The summed E-state index contributed by atoms with van der Waals surface area (Å²) in [7, 11) is 0. The number of rotatable bonds is 5. The third-order valence-electron chi connectivity index (χ3n) is 3.06. The number of aliphatic carboxylic acids is 1. The predicted molar refractivity (Wildman–Crippen MR) is 70.2 cm³/mol. The average molecular weight is 329 g/mol. The van der Waals surface area contributed by atoms with Gasteiger partial charge >= 0.3 is 5.97 Å². The highest BCUT2D eigenvalue weighted by Crippen LogP contribution is 2.15. The molecule has 0 spiro atoms. The molecule has 0 saturated heterocycles. The van der Waals surface area contributed by atoms with Gasteiger partial charge in [-0.3, -0.25) is 4.79 Å². The first-order valence-electron chi connectivity index (χ1n) is 6.39. The van der Waals surface area contributed by atoms with Crippen molar-refractivity contribution in [3.63, 3.8) is 0 Å². The van der Waals surface area contributed by atoms with Crippen LogP contribution in [0.5, 0.6) is 0 Å². The molecule has 0 aliphatic heterocycles. The number of aryl methyl sites for hydroxylation is 2. The lowest BCUT2D eigenvalue weighted by molar-refractivity contribution is -0.696. The lowest BCUT2D eigenvalue weighted by Gasteiger charge is -2.00. The molecule has 6 heteroatoms. The van der Waals surface area contributed by atoms with Gasteiger partial charge in [0.2, 0.25) is 0 Å². The van der Waals surface area contributed by atoms with Crippen molar-refractivity contribution in [1.82, 2.24) is 0 Å². The molecular formula is C15H18Cl2N2O2. The van der Waals surface area contributed by atoms with Gasteiger partial charge in [-0.1, -0.05) is 0 Å². The molecule has 0 amide bonds. The Hall–Kier alpha value is -1.65. The topological polar surface area (TPSA) is 45.1 Å². The molecule has 1 N–H and O–H groups in total. The molecule has 0 atom stereocenters. The SMILES string of the molecule is CC[n+]1ccc(-c2cc[n+](CCC(=O)O)cc2)cc1.[Cl-].[Cl-]. The summed E-state index contributed by atoms with van der Waals surface area (Å²) in [5, 5.41) is 8.64. The average Bonchev–Trinajstić information content (AvgIpc) is 2.46. The van der Waals surface area contributed by atoms with E-state index in [1.807, 2.05) is 29.1 Å². The zero-order valence-corrected chi connectivity index (χ0v) is 13.3. The van der Waals surface area contributed by atoms with Gasteiger partial charge in [-0.15, -0.1) is 0 Å². The third kappa shape index (κ3) is 5.69. The highest BCUT2D eigenvalue weighted by atomic mass is 35.5. The molecule has 4 nitrogen and oxygen atoms in total. The molecule has 21 heavy (non-hydrogen) atoms. The van der Waals surface area contributed by atoms with Crippen LogP contribution in [0.1, 0.15) is 13.3 Å². The lowest BCUT2D eigenvalue weighted by Crippen LogP contribution is -3.00. The molecule has 0 unspecified atom stereocenters. The molecule has 0 fully saturated rings. The Labute approximate surface area is 136 Å². The van der Waals surface area contributed by atoms with Crippen molar-refractivity contribution >= 4 is 5.97 Å². The first-order chi connectivity index (χ1) is 9.19. The molecular weight excluding hydrogens is 311 g/mol. The number of halogens is 2. The van der Waals surface area contributed by atoms with Crippen LogP contribution in [-0.4, -0.2) is 11.1 Å². The summed E-state index contributed by atoms with van der Waals surface area (Å²) in [6, 6.07) is 8.18. The van der Waals surface area contributed by atoms with Crippen molar-refractivity contribution in [2.24, 2.45) is 0 Å². The van der Waals surface area contributed by atoms with Gasteiger partial charge in [0.1, 0.15) is 13.0 Å². The van der Waals surface area contributed by atoms with Crippen LogP contribution in [0, 0.1) is 0 Å². The van der Waals surface area contributed by atoms with Crippen LogP contribution < -0.4 is 33.9 Å².